The summed E-state index contributed by atoms with van der Waals surface area (Å²) in [6.07, 6.45) is 0. The van der Waals surface area contributed by atoms with Gasteiger partial charge in [-0.25, -0.2) is 0 Å². The van der Waals surface area contributed by atoms with E-state index in [4.69, 9.17) is 0 Å². The van der Waals surface area contributed by atoms with E-state index in [-0.39, 0.29) is 35.9 Å². The van der Waals surface area contributed by atoms with Crippen molar-refractivity contribution in [3.63, 3.8) is 0 Å². The zero-order chi connectivity index (χ0) is 2.00. The molecule has 0 saturated carbocycles. The van der Waals surface area contributed by atoms with Gasteiger partial charge in [0.1, 0.15) is 0 Å². The minimum Gasteiger partial charge on any atom is -0.358 e. The minimum atomic E-state index is 0. The second-order valence-corrected chi connectivity index (χ2v) is 0. The molecule has 0 aliphatic carbocycles. The molecule has 1 heteroatoms. The van der Waals surface area contributed by atoms with Crippen molar-refractivity contribution in [2.24, 2.45) is 0 Å². The fourth-order valence-corrected chi connectivity index (χ4v) is 0. The molecule has 0 atom stereocenters. The van der Waals surface area contributed by atoms with Crippen LogP contribution in [0.2, 0.25) is 0 Å². The monoisotopic (exact) mass is 244 g/mol. The Morgan fingerprint density at radius 1 is 0.800 bits per heavy atom. The number of hydrogen-bond donors (Lipinski definition) is 0. The first-order valence-corrected chi connectivity index (χ1v) is 1.00. The first-order valence-electron chi connectivity index (χ1n) is 1.00. The van der Waals surface area contributed by atoms with E-state index in [2.05, 4.69) is 0 Å². The second kappa shape index (κ2) is 135. The fraction of sp³-hybridized carbons (Fsp3) is 0.500. The predicted octanol–water partition coefficient (Wildman–Crippen LogP) is 1.92. The molecule has 5 heavy (non-hydrogen) atoms. The molecule has 0 fully saturated rings. The Morgan fingerprint density at radius 3 is 0.800 bits per heavy atom. The van der Waals surface area contributed by atoms with Gasteiger partial charge in [-0.05, 0) is 0 Å². The van der Waals surface area contributed by atoms with E-state index in [9.17, 15) is 0 Å². The zero-order valence-corrected chi connectivity index (χ0v) is 7.34. The van der Waals surface area contributed by atoms with E-state index in [0.717, 1.165) is 0 Å². The van der Waals surface area contributed by atoms with Crippen LogP contribution >= 0.6 is 0 Å². The molecule has 0 nitrogen and oxygen atoms in total. The van der Waals surface area contributed by atoms with Crippen LogP contribution in [0.5, 0.6) is 0 Å². The molecule has 0 aromatic rings. The summed E-state index contributed by atoms with van der Waals surface area (Å²) in [4.78, 5) is 0. The van der Waals surface area contributed by atoms with Crippen molar-refractivity contribution in [1.29, 1.82) is 0 Å². The van der Waals surface area contributed by atoms with Crippen molar-refractivity contribution in [1.82, 2.24) is 0 Å². The van der Waals surface area contributed by atoms with E-state index < -0.39 is 0 Å². The maximum Gasteiger partial charge on any atom is 2.00 e. The van der Waals surface area contributed by atoms with Gasteiger partial charge >= 0.3 is 21.1 Å². The molecule has 34 valence electrons. The summed E-state index contributed by atoms with van der Waals surface area (Å²) in [6, 6.07) is 0. The van der Waals surface area contributed by atoms with Crippen LogP contribution < -0.4 is 0 Å². The molecule has 0 aliphatic rings. The Balaban J connectivity index is -0.00000000167. The van der Waals surface area contributed by atoms with Crippen molar-refractivity contribution in [3.8, 4) is 0 Å². The minimum absolute atomic E-state index is 0. The summed E-state index contributed by atoms with van der Waals surface area (Å²) in [6.45, 7) is 4.00. The standard InChI is InChI=1S/C2H6.2CH3.W/c1-2;;;/h1-2H3;2*1H3;/q;2*-1;+2. The van der Waals surface area contributed by atoms with E-state index in [1.165, 1.54) is 0 Å². The predicted molar refractivity (Wildman–Crippen MR) is 24.2 cm³/mol. The summed E-state index contributed by atoms with van der Waals surface area (Å²) in [7, 11) is 0. The van der Waals surface area contributed by atoms with Crippen LogP contribution in [-0.4, -0.2) is 0 Å². The van der Waals surface area contributed by atoms with Gasteiger partial charge in [0.2, 0.25) is 0 Å². The largest absolute Gasteiger partial charge is 2.00 e. The van der Waals surface area contributed by atoms with Crippen molar-refractivity contribution in [2.75, 3.05) is 0 Å². The van der Waals surface area contributed by atoms with Crippen LogP contribution in [0.1, 0.15) is 13.8 Å². The van der Waals surface area contributed by atoms with Crippen molar-refractivity contribution >= 4 is 0 Å². The normalized spacial score (nSPS) is 1.20. The van der Waals surface area contributed by atoms with Gasteiger partial charge in [0, 0.05) is 0 Å². The molecule has 0 N–H and O–H groups in total. The summed E-state index contributed by atoms with van der Waals surface area (Å²) in [5.41, 5.74) is 0. The topological polar surface area (TPSA) is 0 Å². The van der Waals surface area contributed by atoms with Gasteiger partial charge in [-0.2, -0.15) is 0 Å². The van der Waals surface area contributed by atoms with Crippen LogP contribution in [0, 0.1) is 14.9 Å². The Morgan fingerprint density at radius 2 is 0.800 bits per heavy atom. The van der Waals surface area contributed by atoms with E-state index in [1.54, 1.807) is 0 Å². The molecule has 0 aromatic carbocycles. The summed E-state index contributed by atoms with van der Waals surface area (Å²) in [5, 5.41) is 0. The number of hydrogen-bond acceptors (Lipinski definition) is 0. The van der Waals surface area contributed by atoms with Crippen molar-refractivity contribution in [2.45, 2.75) is 13.8 Å². The SMILES string of the molecule is CC.[CH3-].[CH3-].[W+2]. The maximum atomic E-state index is 2.00. The fourth-order valence-electron chi connectivity index (χ4n) is 0. The third-order valence-corrected chi connectivity index (χ3v) is 0. The molecule has 0 saturated heterocycles. The average Bonchev–Trinajstić information content (AvgIpc) is 1.00. The molecule has 0 rings (SSSR count). The van der Waals surface area contributed by atoms with Crippen molar-refractivity contribution < 1.29 is 21.1 Å². The first kappa shape index (κ1) is 43.9. The summed E-state index contributed by atoms with van der Waals surface area (Å²) in [5.74, 6) is 0. The van der Waals surface area contributed by atoms with E-state index in [1.807, 2.05) is 13.8 Å². The summed E-state index contributed by atoms with van der Waals surface area (Å²) >= 11 is 0. The van der Waals surface area contributed by atoms with E-state index >= 15 is 0 Å². The summed E-state index contributed by atoms with van der Waals surface area (Å²) < 4.78 is 0. The molecule has 0 aliphatic heterocycles. The van der Waals surface area contributed by atoms with Gasteiger partial charge < -0.3 is 14.9 Å². The number of rotatable bonds is 0. The molecule has 0 aromatic heterocycles. The average molecular weight is 244 g/mol. The molecule has 0 radical (unpaired) electrons. The molecule has 0 spiro atoms. The van der Waals surface area contributed by atoms with Gasteiger partial charge in [0.05, 0.1) is 0 Å². The van der Waals surface area contributed by atoms with Gasteiger partial charge in [-0.3, -0.25) is 0 Å². The second-order valence-electron chi connectivity index (χ2n) is 0. The van der Waals surface area contributed by atoms with Crippen LogP contribution in [0.3, 0.4) is 0 Å². The molecule has 0 unspecified atom stereocenters. The Labute approximate surface area is 50.2 Å². The smallest absolute Gasteiger partial charge is 0.358 e. The van der Waals surface area contributed by atoms with Crippen molar-refractivity contribution in [3.05, 3.63) is 14.9 Å². The molecule has 0 heterocycles. The quantitative estimate of drug-likeness (QED) is 0.571. The maximum absolute atomic E-state index is 2.00. The molecular weight excluding hydrogens is 232 g/mol. The van der Waals surface area contributed by atoms with Gasteiger partial charge in [0.15, 0.2) is 0 Å². The molecular formula is C4H12W. The van der Waals surface area contributed by atoms with E-state index in [0.29, 0.717) is 0 Å². The molecule has 0 bridgehead atoms. The van der Waals surface area contributed by atoms with Crippen LogP contribution in [0.4, 0.5) is 0 Å². The first-order chi connectivity index (χ1) is 1.00. The van der Waals surface area contributed by atoms with Crippen LogP contribution in [-0.2, 0) is 21.1 Å². The van der Waals surface area contributed by atoms with Crippen LogP contribution in [0.25, 0.3) is 0 Å². The Bertz CT molecular complexity index is 3.61. The molecule has 0 amide bonds. The van der Waals surface area contributed by atoms with Gasteiger partial charge in [0.25, 0.3) is 0 Å². The van der Waals surface area contributed by atoms with Crippen LogP contribution in [0.15, 0.2) is 0 Å². The van der Waals surface area contributed by atoms with Gasteiger partial charge in [-0.1, -0.05) is 13.8 Å². The third kappa shape index (κ3) is 71.5. The van der Waals surface area contributed by atoms with Gasteiger partial charge in [-0.15, -0.1) is 0 Å². The Hall–Kier alpha value is 0.688. The zero-order valence-electron chi connectivity index (χ0n) is 4.41. The Kier molecular flexibility index (Phi) is 1180. The third-order valence-electron chi connectivity index (χ3n) is 0.